The molecule has 1 aromatic heterocycles. The first kappa shape index (κ1) is 14.2. The van der Waals surface area contributed by atoms with Crippen molar-refractivity contribution in [3.63, 3.8) is 0 Å². The molecule has 19 heavy (non-hydrogen) atoms. The van der Waals surface area contributed by atoms with Crippen LogP contribution in [0.5, 0.6) is 11.5 Å². The van der Waals surface area contributed by atoms with Crippen molar-refractivity contribution in [3.05, 3.63) is 45.1 Å². The van der Waals surface area contributed by atoms with Gasteiger partial charge in [-0.15, -0.1) is 11.3 Å². The molecule has 2 aromatic rings. The lowest BCUT2D eigenvalue weighted by Gasteiger charge is -2.14. The molecule has 0 fully saturated rings. The Morgan fingerprint density at radius 2 is 1.95 bits per heavy atom. The molecule has 1 heterocycles. The maximum atomic E-state index is 6.25. The highest BCUT2D eigenvalue weighted by atomic mass is 35.5. The molecule has 2 N–H and O–H groups in total. The first-order valence-corrected chi connectivity index (χ1v) is 7.11. The molecular weight excluding hydrogens is 282 g/mol. The summed E-state index contributed by atoms with van der Waals surface area (Å²) in [7, 11) is 3.29. The van der Waals surface area contributed by atoms with Gasteiger partial charge >= 0.3 is 0 Å². The van der Waals surface area contributed by atoms with E-state index in [1.54, 1.807) is 31.6 Å². The molecule has 0 amide bonds. The maximum Gasteiger partial charge on any atom is 0.134 e. The van der Waals surface area contributed by atoms with E-state index in [1.165, 1.54) is 0 Å². The van der Waals surface area contributed by atoms with Gasteiger partial charge in [-0.25, -0.2) is 0 Å². The first-order chi connectivity index (χ1) is 9.15. The van der Waals surface area contributed by atoms with Crippen LogP contribution in [0, 0.1) is 0 Å². The van der Waals surface area contributed by atoms with E-state index in [0.717, 1.165) is 21.9 Å². The number of rotatable bonds is 5. The maximum absolute atomic E-state index is 6.25. The molecule has 102 valence electrons. The summed E-state index contributed by atoms with van der Waals surface area (Å²) in [6, 6.07) is 7.34. The summed E-state index contributed by atoms with van der Waals surface area (Å²) in [4.78, 5) is 1.03. The van der Waals surface area contributed by atoms with E-state index in [-0.39, 0.29) is 6.04 Å². The molecule has 2 rings (SSSR count). The second-order valence-electron chi connectivity index (χ2n) is 4.12. The number of methoxy groups -OCH3 is 2. The lowest BCUT2D eigenvalue weighted by Crippen LogP contribution is -2.13. The fourth-order valence-corrected chi connectivity index (χ4v) is 3.04. The Morgan fingerprint density at radius 1 is 1.21 bits per heavy atom. The SMILES string of the molecule is COc1ccc(Cl)cc1CC(N)c1sccc1OC. The average molecular weight is 298 g/mol. The number of hydrogen-bond acceptors (Lipinski definition) is 4. The monoisotopic (exact) mass is 297 g/mol. The van der Waals surface area contributed by atoms with Crippen LogP contribution in [0.1, 0.15) is 16.5 Å². The topological polar surface area (TPSA) is 44.5 Å². The third-order valence-electron chi connectivity index (χ3n) is 2.90. The van der Waals surface area contributed by atoms with Crippen LogP contribution in [0.15, 0.2) is 29.6 Å². The van der Waals surface area contributed by atoms with E-state index >= 15 is 0 Å². The summed E-state index contributed by atoms with van der Waals surface area (Å²) >= 11 is 7.62. The number of benzene rings is 1. The second kappa shape index (κ2) is 6.28. The van der Waals surface area contributed by atoms with Gasteiger partial charge in [-0.1, -0.05) is 11.6 Å². The molecule has 0 aliphatic heterocycles. The predicted octanol–water partition coefficient (Wildman–Crippen LogP) is 3.66. The molecule has 0 bridgehead atoms. The lowest BCUT2D eigenvalue weighted by molar-refractivity contribution is 0.403. The van der Waals surface area contributed by atoms with Gasteiger partial charge in [0.1, 0.15) is 11.5 Å². The average Bonchev–Trinajstić information content (AvgIpc) is 2.87. The number of halogens is 1. The molecule has 5 heteroatoms. The smallest absolute Gasteiger partial charge is 0.134 e. The Morgan fingerprint density at radius 3 is 2.63 bits per heavy atom. The van der Waals surface area contributed by atoms with Crippen LogP contribution in [0.4, 0.5) is 0 Å². The van der Waals surface area contributed by atoms with Crippen LogP contribution in [0.3, 0.4) is 0 Å². The summed E-state index contributed by atoms with van der Waals surface area (Å²) in [5, 5.41) is 2.66. The first-order valence-electron chi connectivity index (χ1n) is 5.85. The van der Waals surface area contributed by atoms with Crippen molar-refractivity contribution < 1.29 is 9.47 Å². The van der Waals surface area contributed by atoms with Gasteiger partial charge in [-0.3, -0.25) is 0 Å². The third-order valence-corrected chi connectivity index (χ3v) is 4.16. The van der Waals surface area contributed by atoms with Crippen LogP contribution in [-0.2, 0) is 6.42 Å². The van der Waals surface area contributed by atoms with Crippen LogP contribution < -0.4 is 15.2 Å². The summed E-state index contributed by atoms with van der Waals surface area (Å²) in [5.41, 5.74) is 7.25. The fraction of sp³-hybridized carbons (Fsp3) is 0.286. The van der Waals surface area contributed by atoms with Gasteiger partial charge in [-0.05, 0) is 41.6 Å². The molecule has 0 aliphatic carbocycles. The number of thiophene rings is 1. The van der Waals surface area contributed by atoms with Crippen LogP contribution in [0.25, 0.3) is 0 Å². The predicted molar refractivity (Wildman–Crippen MR) is 79.5 cm³/mol. The summed E-state index contributed by atoms with van der Waals surface area (Å²) in [6.07, 6.45) is 0.653. The Bertz CT molecular complexity index is 556. The van der Waals surface area contributed by atoms with E-state index in [1.807, 2.05) is 23.6 Å². The van der Waals surface area contributed by atoms with Gasteiger partial charge in [-0.2, -0.15) is 0 Å². The van der Waals surface area contributed by atoms with Crippen molar-refractivity contribution in [2.75, 3.05) is 14.2 Å². The minimum absolute atomic E-state index is 0.137. The van der Waals surface area contributed by atoms with Crippen molar-refractivity contribution in [2.45, 2.75) is 12.5 Å². The van der Waals surface area contributed by atoms with E-state index in [9.17, 15) is 0 Å². The third kappa shape index (κ3) is 3.21. The summed E-state index contributed by atoms with van der Waals surface area (Å²) in [5.74, 6) is 1.63. The van der Waals surface area contributed by atoms with Gasteiger partial charge in [0.05, 0.1) is 19.1 Å². The van der Waals surface area contributed by atoms with Crippen LogP contribution in [0.2, 0.25) is 5.02 Å². The van der Waals surface area contributed by atoms with E-state index in [4.69, 9.17) is 26.8 Å². The quantitative estimate of drug-likeness (QED) is 0.916. The standard InChI is InChI=1S/C14H16ClNO2S/c1-17-12-4-3-10(15)7-9(12)8-11(16)14-13(18-2)5-6-19-14/h3-7,11H,8,16H2,1-2H3. The molecular formula is C14H16ClNO2S. The molecule has 1 aromatic carbocycles. The zero-order valence-corrected chi connectivity index (χ0v) is 12.4. The van der Waals surface area contributed by atoms with Gasteiger partial charge in [0.25, 0.3) is 0 Å². The minimum Gasteiger partial charge on any atom is -0.496 e. The van der Waals surface area contributed by atoms with E-state index < -0.39 is 0 Å². The minimum atomic E-state index is -0.137. The Kier molecular flexibility index (Phi) is 4.69. The van der Waals surface area contributed by atoms with Crippen LogP contribution >= 0.6 is 22.9 Å². The molecule has 1 unspecified atom stereocenters. The van der Waals surface area contributed by atoms with Gasteiger partial charge in [0, 0.05) is 11.1 Å². The van der Waals surface area contributed by atoms with Crippen LogP contribution in [-0.4, -0.2) is 14.2 Å². The van der Waals surface area contributed by atoms with Crippen molar-refractivity contribution >= 4 is 22.9 Å². The van der Waals surface area contributed by atoms with Gasteiger partial charge in [0.15, 0.2) is 0 Å². The summed E-state index contributed by atoms with van der Waals surface area (Å²) in [6.45, 7) is 0. The fourth-order valence-electron chi connectivity index (χ4n) is 1.98. The number of nitrogens with two attached hydrogens (primary N) is 1. The molecule has 1 atom stereocenters. The molecule has 0 saturated carbocycles. The van der Waals surface area contributed by atoms with Crippen molar-refractivity contribution in [1.82, 2.24) is 0 Å². The highest BCUT2D eigenvalue weighted by molar-refractivity contribution is 7.10. The molecule has 0 spiro atoms. The van der Waals surface area contributed by atoms with Crippen molar-refractivity contribution in [1.29, 1.82) is 0 Å². The Labute approximate surface area is 121 Å². The second-order valence-corrected chi connectivity index (χ2v) is 5.50. The molecule has 0 saturated heterocycles. The largest absolute Gasteiger partial charge is 0.496 e. The molecule has 3 nitrogen and oxygen atoms in total. The number of ether oxygens (including phenoxy) is 2. The zero-order valence-electron chi connectivity index (χ0n) is 10.9. The van der Waals surface area contributed by atoms with Crippen molar-refractivity contribution in [3.8, 4) is 11.5 Å². The van der Waals surface area contributed by atoms with Gasteiger partial charge in [0.2, 0.25) is 0 Å². The summed E-state index contributed by atoms with van der Waals surface area (Å²) < 4.78 is 10.6. The zero-order chi connectivity index (χ0) is 13.8. The Hall–Kier alpha value is -1.23. The Balaban J connectivity index is 2.23. The van der Waals surface area contributed by atoms with Crippen molar-refractivity contribution in [2.24, 2.45) is 5.73 Å². The molecule has 0 aliphatic rings. The normalized spacial score (nSPS) is 12.2. The highest BCUT2D eigenvalue weighted by Gasteiger charge is 2.16. The van der Waals surface area contributed by atoms with Gasteiger partial charge < -0.3 is 15.2 Å². The molecule has 0 radical (unpaired) electrons. The van der Waals surface area contributed by atoms with E-state index in [0.29, 0.717) is 11.4 Å². The van der Waals surface area contributed by atoms with E-state index in [2.05, 4.69) is 0 Å². The number of hydrogen-bond donors (Lipinski definition) is 1. The highest BCUT2D eigenvalue weighted by Crippen LogP contribution is 2.33. The lowest BCUT2D eigenvalue weighted by atomic mass is 10.0.